The maximum absolute atomic E-state index is 12.3. The number of hydrogen-bond acceptors (Lipinski definition) is 6. The monoisotopic (exact) mass is 428 g/mol. The third kappa shape index (κ3) is 5.82. The first-order valence-electron chi connectivity index (χ1n) is 9.29. The van der Waals surface area contributed by atoms with Crippen molar-refractivity contribution in [1.29, 1.82) is 0 Å². The highest BCUT2D eigenvalue weighted by molar-refractivity contribution is 7.80. The molecule has 0 aromatic heterocycles. The number of amides is 2. The molecular weight excluding hydrogens is 408 g/mol. The number of benzene rings is 2. The molecule has 0 aliphatic carbocycles. The topological polar surface area (TPSA) is 123 Å². The van der Waals surface area contributed by atoms with Crippen LogP contribution in [0.25, 0.3) is 0 Å². The van der Waals surface area contributed by atoms with Crippen molar-refractivity contribution in [2.45, 2.75) is 18.9 Å². The average molecular weight is 428 g/mol. The summed E-state index contributed by atoms with van der Waals surface area (Å²) in [5.74, 6) is -0.733. The molecule has 0 bridgehead atoms. The van der Waals surface area contributed by atoms with Gasteiger partial charge in [0.25, 0.3) is 17.5 Å². The zero-order valence-electron chi connectivity index (χ0n) is 15.9. The van der Waals surface area contributed by atoms with Gasteiger partial charge in [-0.05, 0) is 55.4 Å². The Morgan fingerprint density at radius 1 is 1.13 bits per heavy atom. The van der Waals surface area contributed by atoms with Crippen molar-refractivity contribution in [3.05, 3.63) is 69.8 Å². The third-order valence-electron chi connectivity index (χ3n) is 4.46. The molecule has 1 atom stereocenters. The lowest BCUT2D eigenvalue weighted by Crippen LogP contribution is -2.34. The number of ether oxygens (including phenoxy) is 1. The molecule has 1 fully saturated rings. The summed E-state index contributed by atoms with van der Waals surface area (Å²) < 4.78 is 5.49. The Bertz CT molecular complexity index is 958. The van der Waals surface area contributed by atoms with E-state index in [4.69, 9.17) is 17.0 Å². The van der Waals surface area contributed by atoms with Crippen LogP contribution < -0.4 is 16.0 Å². The van der Waals surface area contributed by atoms with Gasteiger partial charge in [0.15, 0.2) is 5.11 Å². The SMILES string of the molecule is O=C(NCC1CCCO1)c1cccc(NC(=S)NC(=O)c2ccc([N+](=O)[O-])cc2)c1. The molecule has 1 saturated heterocycles. The van der Waals surface area contributed by atoms with Gasteiger partial charge in [-0.3, -0.25) is 25.0 Å². The van der Waals surface area contributed by atoms with Gasteiger partial charge in [0.1, 0.15) is 0 Å². The van der Waals surface area contributed by atoms with Crippen LogP contribution in [0.15, 0.2) is 48.5 Å². The van der Waals surface area contributed by atoms with Crippen molar-refractivity contribution in [3.63, 3.8) is 0 Å². The van der Waals surface area contributed by atoms with Crippen LogP contribution in [0.2, 0.25) is 0 Å². The van der Waals surface area contributed by atoms with E-state index in [9.17, 15) is 19.7 Å². The van der Waals surface area contributed by atoms with Crippen LogP contribution in [0, 0.1) is 10.1 Å². The number of carbonyl (C=O) groups is 2. The number of non-ortho nitro benzene ring substituents is 1. The quantitative estimate of drug-likeness (QED) is 0.367. The molecule has 0 radical (unpaired) electrons. The summed E-state index contributed by atoms with van der Waals surface area (Å²) in [6.07, 6.45) is 1.99. The number of thiocarbonyl (C=S) groups is 1. The number of nitro groups is 1. The van der Waals surface area contributed by atoms with Crippen LogP contribution in [0.5, 0.6) is 0 Å². The van der Waals surface area contributed by atoms with Gasteiger partial charge in [0.05, 0.1) is 11.0 Å². The van der Waals surface area contributed by atoms with E-state index in [2.05, 4.69) is 16.0 Å². The van der Waals surface area contributed by atoms with Crippen molar-refractivity contribution >= 4 is 40.5 Å². The summed E-state index contributed by atoms with van der Waals surface area (Å²) >= 11 is 5.14. The lowest BCUT2D eigenvalue weighted by molar-refractivity contribution is -0.384. The molecule has 3 rings (SSSR count). The predicted molar refractivity (Wildman–Crippen MR) is 115 cm³/mol. The molecule has 1 aliphatic heterocycles. The molecule has 1 unspecified atom stereocenters. The first-order chi connectivity index (χ1) is 14.4. The van der Waals surface area contributed by atoms with Gasteiger partial charge in [-0.25, -0.2) is 0 Å². The maximum atomic E-state index is 12.3. The van der Waals surface area contributed by atoms with Gasteiger partial charge in [0.2, 0.25) is 0 Å². The lowest BCUT2D eigenvalue weighted by atomic mass is 10.1. The molecule has 1 heterocycles. The number of nitrogens with one attached hydrogen (secondary N) is 3. The van der Waals surface area contributed by atoms with Gasteiger partial charge in [-0.15, -0.1) is 0 Å². The van der Waals surface area contributed by atoms with Gasteiger partial charge >= 0.3 is 0 Å². The highest BCUT2D eigenvalue weighted by atomic mass is 32.1. The third-order valence-corrected chi connectivity index (χ3v) is 4.67. The summed E-state index contributed by atoms with van der Waals surface area (Å²) in [5.41, 5.74) is 1.10. The highest BCUT2D eigenvalue weighted by Gasteiger charge is 2.17. The zero-order valence-corrected chi connectivity index (χ0v) is 16.7. The summed E-state index contributed by atoms with van der Waals surface area (Å²) in [6.45, 7) is 1.18. The molecule has 0 saturated carbocycles. The number of nitrogens with zero attached hydrogens (tertiary/aromatic N) is 1. The number of nitro benzene ring substituents is 1. The van der Waals surface area contributed by atoms with Crippen molar-refractivity contribution < 1.29 is 19.2 Å². The number of anilines is 1. The number of rotatable bonds is 6. The minimum Gasteiger partial charge on any atom is -0.376 e. The normalized spacial score (nSPS) is 15.3. The van der Waals surface area contributed by atoms with Crippen LogP contribution in [-0.4, -0.2) is 41.1 Å². The Hall–Kier alpha value is -3.37. The molecule has 10 heteroatoms. The second-order valence-corrected chi connectivity index (χ2v) is 7.05. The Balaban J connectivity index is 1.54. The summed E-state index contributed by atoms with van der Waals surface area (Å²) in [4.78, 5) is 34.7. The van der Waals surface area contributed by atoms with Gasteiger partial charge in [0, 0.05) is 42.1 Å². The van der Waals surface area contributed by atoms with Gasteiger partial charge in [-0.1, -0.05) is 6.07 Å². The van der Waals surface area contributed by atoms with Crippen LogP contribution in [0.4, 0.5) is 11.4 Å². The molecule has 2 aromatic rings. The fourth-order valence-electron chi connectivity index (χ4n) is 2.92. The first kappa shape index (κ1) is 21.3. The molecular formula is C20H20N4O5S. The predicted octanol–water partition coefficient (Wildman–Crippen LogP) is 2.63. The van der Waals surface area contributed by atoms with Crippen LogP contribution >= 0.6 is 12.2 Å². The largest absolute Gasteiger partial charge is 0.376 e. The van der Waals surface area contributed by atoms with E-state index in [1.54, 1.807) is 24.3 Å². The molecule has 3 N–H and O–H groups in total. The smallest absolute Gasteiger partial charge is 0.269 e. The van der Waals surface area contributed by atoms with Crippen molar-refractivity contribution in [2.75, 3.05) is 18.5 Å². The Morgan fingerprint density at radius 2 is 1.90 bits per heavy atom. The first-order valence-corrected chi connectivity index (χ1v) is 9.70. The van der Waals surface area contributed by atoms with E-state index in [0.717, 1.165) is 19.4 Å². The second kappa shape index (κ2) is 9.90. The van der Waals surface area contributed by atoms with E-state index in [-0.39, 0.29) is 28.4 Å². The number of hydrogen-bond donors (Lipinski definition) is 3. The molecule has 2 amide bonds. The van der Waals surface area contributed by atoms with E-state index < -0.39 is 10.8 Å². The summed E-state index contributed by atoms with van der Waals surface area (Å²) in [5, 5.41) is 18.9. The lowest BCUT2D eigenvalue weighted by Gasteiger charge is -2.12. The van der Waals surface area contributed by atoms with Crippen LogP contribution in [0.3, 0.4) is 0 Å². The minimum atomic E-state index is -0.544. The van der Waals surface area contributed by atoms with Crippen LogP contribution in [-0.2, 0) is 4.74 Å². The van der Waals surface area contributed by atoms with Gasteiger partial charge in [-0.2, -0.15) is 0 Å². The maximum Gasteiger partial charge on any atom is 0.269 e. The van der Waals surface area contributed by atoms with Crippen molar-refractivity contribution in [1.82, 2.24) is 10.6 Å². The van der Waals surface area contributed by atoms with E-state index in [1.165, 1.54) is 24.3 Å². The molecule has 9 nitrogen and oxygen atoms in total. The molecule has 30 heavy (non-hydrogen) atoms. The number of carbonyl (C=O) groups excluding carboxylic acids is 2. The van der Waals surface area contributed by atoms with Crippen LogP contribution in [0.1, 0.15) is 33.6 Å². The molecule has 2 aromatic carbocycles. The fourth-order valence-corrected chi connectivity index (χ4v) is 3.13. The van der Waals surface area contributed by atoms with Crippen molar-refractivity contribution in [2.24, 2.45) is 0 Å². The highest BCUT2D eigenvalue weighted by Crippen LogP contribution is 2.14. The zero-order chi connectivity index (χ0) is 21.5. The molecule has 156 valence electrons. The van der Waals surface area contributed by atoms with E-state index in [0.29, 0.717) is 17.8 Å². The minimum absolute atomic E-state index is 0.0373. The second-order valence-electron chi connectivity index (χ2n) is 6.64. The Labute approximate surface area is 178 Å². The molecule has 1 aliphatic rings. The van der Waals surface area contributed by atoms with Gasteiger partial charge < -0.3 is 15.4 Å². The summed E-state index contributed by atoms with van der Waals surface area (Å²) in [7, 11) is 0. The standard InChI is InChI=1S/C20H20N4O5S/c25-18(21-12-17-5-2-10-29-17)14-3-1-4-15(11-14)22-20(30)23-19(26)13-6-8-16(9-7-13)24(27)28/h1,3-4,6-9,11,17H,2,5,10,12H2,(H,21,25)(H2,22,23,26,30). The fraction of sp³-hybridized carbons (Fsp3) is 0.250. The Kier molecular flexibility index (Phi) is 7.04. The van der Waals surface area contributed by atoms with E-state index in [1.807, 2.05) is 0 Å². The van der Waals surface area contributed by atoms with E-state index >= 15 is 0 Å². The average Bonchev–Trinajstić information content (AvgIpc) is 3.25. The summed E-state index contributed by atoms with van der Waals surface area (Å²) in [6, 6.07) is 11.9. The van der Waals surface area contributed by atoms with Crippen molar-refractivity contribution in [3.8, 4) is 0 Å². The Morgan fingerprint density at radius 3 is 2.57 bits per heavy atom. The molecule has 0 spiro atoms.